The molecule has 4 unspecified atom stereocenters. The lowest BCUT2D eigenvalue weighted by Gasteiger charge is -2.25. The minimum absolute atomic E-state index is 0.00226. The first-order valence-corrected chi connectivity index (χ1v) is 19.8. The molecule has 0 aromatic heterocycles. The molecule has 0 bridgehead atoms. The second-order valence-corrected chi connectivity index (χ2v) is 19.6. The van der Waals surface area contributed by atoms with Gasteiger partial charge in [-0.1, -0.05) is 27.7 Å². The summed E-state index contributed by atoms with van der Waals surface area (Å²) < 4.78 is 59.2. The molecule has 244 valence electrons. The molecule has 21 heteroatoms. The lowest BCUT2D eigenvalue weighted by Crippen LogP contribution is -2.36. The summed E-state index contributed by atoms with van der Waals surface area (Å²) in [6.45, 7) is 6.58. The highest BCUT2D eigenvalue weighted by Crippen LogP contribution is 2.69. The molecule has 10 N–H and O–H groups in total. The second kappa shape index (κ2) is 13.4. The molecule has 3 aliphatic rings. The smallest absolute Gasteiger partial charge is 0.340 e. The minimum Gasteiger partial charge on any atom is -0.390 e. The summed E-state index contributed by atoms with van der Waals surface area (Å²) in [4.78, 5) is 53.5. The van der Waals surface area contributed by atoms with Crippen LogP contribution >= 0.6 is 30.4 Å². The van der Waals surface area contributed by atoms with Crippen LogP contribution in [0.5, 0.6) is 0 Å². The molecule has 11 atom stereocenters. The molecule has 1 aliphatic heterocycles. The lowest BCUT2D eigenvalue weighted by molar-refractivity contribution is -0.0373. The summed E-state index contributed by atoms with van der Waals surface area (Å²) in [7, 11) is -18.3. The Labute approximate surface area is 237 Å². The van der Waals surface area contributed by atoms with Crippen molar-refractivity contribution < 1.29 is 81.8 Å². The van der Waals surface area contributed by atoms with Crippen LogP contribution in [-0.4, -0.2) is 111 Å². The molecule has 2 aliphatic carbocycles. The fraction of sp³-hybridized carbons (Fsp3) is 1.00. The van der Waals surface area contributed by atoms with Crippen molar-refractivity contribution in [2.45, 2.75) is 70.7 Å². The van der Waals surface area contributed by atoms with E-state index in [4.69, 9.17) is 28.8 Å². The van der Waals surface area contributed by atoms with Crippen molar-refractivity contribution in [3.05, 3.63) is 0 Å². The van der Waals surface area contributed by atoms with Crippen molar-refractivity contribution in [3.63, 3.8) is 0 Å². The van der Waals surface area contributed by atoms with Crippen LogP contribution < -0.4 is 0 Å². The lowest BCUT2D eigenvalue weighted by atomic mass is 9.88. The SMILES string of the molecule is CC(C)[C@@H]1O[C@H](COP(=O)(O)CP(=O)(O)O)[C@H](O)C1O.CC(C)[C@H]1C(O)[C@@H](O)[C@]2(COP(=O)(O)CP(=O)(O)O)C[C@H]12. The number of hydrogen-bond donors (Lipinski definition) is 10. The first-order valence-electron chi connectivity index (χ1n) is 12.7. The number of aliphatic hydroxyl groups excluding tert-OH is 4. The molecule has 0 aromatic rings. The van der Waals surface area contributed by atoms with Crippen LogP contribution in [0.4, 0.5) is 0 Å². The van der Waals surface area contributed by atoms with Gasteiger partial charge >= 0.3 is 30.4 Å². The fourth-order valence-electron chi connectivity index (χ4n) is 5.53. The van der Waals surface area contributed by atoms with Crippen molar-refractivity contribution in [2.75, 3.05) is 25.0 Å². The van der Waals surface area contributed by atoms with Crippen molar-refractivity contribution in [2.24, 2.45) is 29.1 Å². The maximum atomic E-state index is 11.6. The Morgan fingerprint density at radius 1 is 0.756 bits per heavy atom. The van der Waals surface area contributed by atoms with E-state index in [1.807, 2.05) is 13.8 Å². The zero-order valence-electron chi connectivity index (χ0n) is 22.9. The predicted molar refractivity (Wildman–Crippen MR) is 142 cm³/mol. The quantitative estimate of drug-likeness (QED) is 0.120. The largest absolute Gasteiger partial charge is 0.390 e. The van der Waals surface area contributed by atoms with Crippen molar-refractivity contribution in [1.29, 1.82) is 0 Å². The van der Waals surface area contributed by atoms with E-state index < -0.39 is 90.8 Å². The van der Waals surface area contributed by atoms with E-state index in [1.165, 1.54) is 0 Å². The summed E-state index contributed by atoms with van der Waals surface area (Å²) in [5, 5.41) is 39.7. The van der Waals surface area contributed by atoms with Crippen LogP contribution in [0, 0.1) is 29.1 Å². The molecular weight excluding hydrogens is 636 g/mol. The number of hydrogen-bond acceptors (Lipinski definition) is 11. The number of ether oxygens (including phenoxy) is 1. The zero-order valence-corrected chi connectivity index (χ0v) is 26.5. The number of rotatable bonds is 12. The highest BCUT2D eigenvalue weighted by atomic mass is 31.2. The molecule has 0 radical (unpaired) electrons. The maximum absolute atomic E-state index is 11.6. The van der Waals surface area contributed by atoms with E-state index >= 15 is 0 Å². The van der Waals surface area contributed by atoms with Crippen molar-refractivity contribution >= 4 is 30.4 Å². The summed E-state index contributed by atoms with van der Waals surface area (Å²) >= 11 is 0. The Bertz CT molecular complexity index is 1090. The number of aliphatic hydroxyl groups is 4. The van der Waals surface area contributed by atoms with E-state index in [0.29, 0.717) is 6.42 Å². The molecule has 1 heterocycles. The van der Waals surface area contributed by atoms with E-state index in [1.54, 1.807) is 13.8 Å². The van der Waals surface area contributed by atoms with E-state index in [-0.39, 0.29) is 30.3 Å². The van der Waals surface area contributed by atoms with Crippen molar-refractivity contribution in [1.82, 2.24) is 0 Å². The molecule has 2 saturated carbocycles. The highest BCUT2D eigenvalue weighted by Gasteiger charge is 2.71. The highest BCUT2D eigenvalue weighted by molar-refractivity contribution is 7.70. The summed E-state index contributed by atoms with van der Waals surface area (Å²) in [5.74, 6) is -2.59. The molecule has 3 rings (SSSR count). The summed E-state index contributed by atoms with van der Waals surface area (Å²) in [5.41, 5.74) is -0.776. The Kier molecular flexibility index (Phi) is 12.3. The van der Waals surface area contributed by atoms with Gasteiger partial charge in [-0.3, -0.25) is 18.3 Å². The predicted octanol–water partition coefficient (Wildman–Crippen LogP) is -0.194. The Morgan fingerprint density at radius 2 is 1.24 bits per heavy atom. The molecular formula is C20H42O17P4. The fourth-order valence-corrected chi connectivity index (χ4v) is 10.7. The van der Waals surface area contributed by atoms with Gasteiger partial charge in [-0.15, -0.1) is 0 Å². The first-order chi connectivity index (χ1) is 18.3. The normalized spacial score (nSPS) is 38.2. The van der Waals surface area contributed by atoms with Gasteiger partial charge in [0.2, 0.25) is 0 Å². The van der Waals surface area contributed by atoms with Crippen LogP contribution in [0.15, 0.2) is 0 Å². The van der Waals surface area contributed by atoms with Gasteiger partial charge in [0.25, 0.3) is 0 Å². The summed E-state index contributed by atoms with van der Waals surface area (Å²) in [6.07, 6.45) is -5.50. The third kappa shape index (κ3) is 10.2. The first kappa shape index (κ1) is 37.6. The standard InChI is InChI=1S/C11H22O8P2.C9H20O9P2/c1-6(2)8-7-3-11(7,10(13)9(8)12)4-19-21(17,18)5-20(14,15)16;1-5(2)9-8(11)7(10)6(18-9)3-17-20(15,16)4-19(12,13)14/h6-10,12-13H,3-5H2,1-2H3,(H,17,18)(H2,14,15,16);5-11H,3-4H2,1-2H3,(H,15,16)(H2,12,13,14)/t7-,8-,9?,10-,11+;6-,7+,8?,9+/m11/s1. The van der Waals surface area contributed by atoms with Crippen LogP contribution in [-0.2, 0) is 32.0 Å². The Hall–Kier alpha value is 0.400. The van der Waals surface area contributed by atoms with Gasteiger partial charge in [-0.05, 0) is 30.1 Å². The molecule has 41 heavy (non-hydrogen) atoms. The van der Waals surface area contributed by atoms with E-state index in [9.17, 15) is 48.5 Å². The Morgan fingerprint density at radius 3 is 1.63 bits per heavy atom. The third-order valence-electron chi connectivity index (χ3n) is 7.48. The molecule has 0 spiro atoms. The van der Waals surface area contributed by atoms with Crippen LogP contribution in [0.25, 0.3) is 0 Å². The Balaban J connectivity index is 0.000000287. The zero-order chi connectivity index (χ0) is 31.9. The van der Waals surface area contributed by atoms with Gasteiger partial charge in [0.05, 0.1) is 31.5 Å². The molecule has 0 aromatic carbocycles. The van der Waals surface area contributed by atoms with Crippen LogP contribution in [0.2, 0.25) is 0 Å². The third-order valence-corrected chi connectivity index (χ3v) is 14.4. The van der Waals surface area contributed by atoms with Crippen LogP contribution in [0.1, 0.15) is 34.1 Å². The molecule has 17 nitrogen and oxygen atoms in total. The minimum atomic E-state index is -4.69. The molecule has 1 saturated heterocycles. The van der Waals surface area contributed by atoms with Crippen molar-refractivity contribution in [3.8, 4) is 0 Å². The van der Waals surface area contributed by atoms with Gasteiger partial charge in [0.1, 0.15) is 18.3 Å². The monoisotopic (exact) mass is 678 g/mol. The number of fused-ring (bicyclic) bond motifs is 1. The van der Waals surface area contributed by atoms with Gasteiger partial charge in [-0.25, -0.2) is 0 Å². The average molecular weight is 678 g/mol. The van der Waals surface area contributed by atoms with E-state index in [2.05, 4.69) is 4.52 Å². The van der Waals surface area contributed by atoms with Gasteiger partial charge in [0.15, 0.2) is 11.8 Å². The van der Waals surface area contributed by atoms with Gasteiger partial charge in [0, 0.05) is 5.41 Å². The van der Waals surface area contributed by atoms with Gasteiger partial charge < -0.3 is 63.6 Å². The van der Waals surface area contributed by atoms with Gasteiger partial charge in [-0.2, -0.15) is 0 Å². The maximum Gasteiger partial charge on any atom is 0.340 e. The van der Waals surface area contributed by atoms with Crippen LogP contribution in [0.3, 0.4) is 0 Å². The van der Waals surface area contributed by atoms with E-state index in [0.717, 1.165) is 0 Å². The topological polar surface area (TPSA) is 298 Å². The average Bonchev–Trinajstić information content (AvgIpc) is 3.33. The summed E-state index contributed by atoms with van der Waals surface area (Å²) in [6, 6.07) is 0. The second-order valence-electron chi connectivity index (χ2n) is 11.6. The molecule has 0 amide bonds. The molecule has 3 fully saturated rings.